The molecule has 128 valence electrons. The molecule has 2 rings (SSSR count). The largest absolute Gasteiger partial charge is 0.381 e. The lowest BCUT2D eigenvalue weighted by Crippen LogP contribution is -2.37. The van der Waals surface area contributed by atoms with Crippen molar-refractivity contribution in [1.29, 1.82) is 0 Å². The molecule has 0 spiro atoms. The van der Waals surface area contributed by atoms with Crippen molar-refractivity contribution in [3.63, 3.8) is 0 Å². The van der Waals surface area contributed by atoms with Gasteiger partial charge in [0.15, 0.2) is 0 Å². The standard InChI is InChI=1S/C17H32N2O3/c1-14-13-19(9-4-10-22-14)8-3-7-18-17(20)15(2)16-5-11-21-12-6-16/h14-16H,3-13H2,1-2H3,(H,18,20)/t14-,15-/m0/s1. The van der Waals surface area contributed by atoms with Crippen LogP contribution in [0.1, 0.15) is 39.5 Å². The molecule has 0 aromatic heterocycles. The lowest BCUT2D eigenvalue weighted by molar-refractivity contribution is -0.127. The first kappa shape index (κ1) is 17.7. The number of nitrogens with zero attached hydrogens (tertiary/aromatic N) is 1. The summed E-state index contributed by atoms with van der Waals surface area (Å²) in [7, 11) is 0. The van der Waals surface area contributed by atoms with E-state index in [-0.39, 0.29) is 11.8 Å². The number of carbonyl (C=O) groups excluding carboxylic acids is 1. The van der Waals surface area contributed by atoms with Crippen LogP contribution in [-0.2, 0) is 14.3 Å². The first-order valence-electron chi connectivity index (χ1n) is 8.86. The molecule has 22 heavy (non-hydrogen) atoms. The second-order valence-corrected chi connectivity index (χ2v) is 6.72. The van der Waals surface area contributed by atoms with Gasteiger partial charge in [-0.1, -0.05) is 6.92 Å². The van der Waals surface area contributed by atoms with E-state index in [1.54, 1.807) is 0 Å². The molecule has 5 nitrogen and oxygen atoms in total. The molecule has 1 amide bonds. The molecule has 0 saturated carbocycles. The van der Waals surface area contributed by atoms with Crippen molar-refractivity contribution >= 4 is 5.91 Å². The van der Waals surface area contributed by atoms with Gasteiger partial charge in [0.1, 0.15) is 0 Å². The molecule has 0 aromatic rings. The predicted octanol–water partition coefficient (Wildman–Crippen LogP) is 1.67. The van der Waals surface area contributed by atoms with Gasteiger partial charge in [-0.15, -0.1) is 0 Å². The Hall–Kier alpha value is -0.650. The van der Waals surface area contributed by atoms with Gasteiger partial charge in [-0.3, -0.25) is 4.79 Å². The Morgan fingerprint density at radius 1 is 1.32 bits per heavy atom. The highest BCUT2D eigenvalue weighted by molar-refractivity contribution is 5.78. The van der Waals surface area contributed by atoms with Gasteiger partial charge in [-0.2, -0.15) is 0 Å². The van der Waals surface area contributed by atoms with E-state index in [1.807, 2.05) is 0 Å². The Labute approximate surface area is 134 Å². The van der Waals surface area contributed by atoms with Gasteiger partial charge in [0, 0.05) is 45.4 Å². The Morgan fingerprint density at radius 3 is 2.86 bits per heavy atom. The summed E-state index contributed by atoms with van der Waals surface area (Å²) in [4.78, 5) is 14.7. The minimum Gasteiger partial charge on any atom is -0.381 e. The van der Waals surface area contributed by atoms with Crippen LogP contribution in [0.15, 0.2) is 0 Å². The number of carbonyl (C=O) groups is 1. The molecule has 0 aromatic carbocycles. The zero-order valence-electron chi connectivity index (χ0n) is 14.2. The Balaban J connectivity index is 1.60. The van der Waals surface area contributed by atoms with E-state index in [1.165, 1.54) is 0 Å². The maximum atomic E-state index is 12.2. The zero-order valence-corrected chi connectivity index (χ0v) is 14.2. The van der Waals surface area contributed by atoms with Crippen LogP contribution in [0.25, 0.3) is 0 Å². The van der Waals surface area contributed by atoms with E-state index < -0.39 is 0 Å². The lowest BCUT2D eigenvalue weighted by Gasteiger charge is -2.27. The van der Waals surface area contributed by atoms with Crippen molar-refractivity contribution in [2.45, 2.75) is 45.6 Å². The number of hydrogen-bond acceptors (Lipinski definition) is 4. The summed E-state index contributed by atoms with van der Waals surface area (Å²) in [6.45, 7) is 10.6. The van der Waals surface area contributed by atoms with Crippen LogP contribution in [0.5, 0.6) is 0 Å². The summed E-state index contributed by atoms with van der Waals surface area (Å²) in [6.07, 6.45) is 4.47. The van der Waals surface area contributed by atoms with Crippen LogP contribution < -0.4 is 5.32 Å². The molecule has 0 bridgehead atoms. The van der Waals surface area contributed by atoms with Crippen molar-refractivity contribution in [1.82, 2.24) is 10.2 Å². The van der Waals surface area contributed by atoms with Gasteiger partial charge in [0.2, 0.25) is 5.91 Å². The van der Waals surface area contributed by atoms with E-state index in [2.05, 4.69) is 24.1 Å². The molecule has 0 radical (unpaired) electrons. The first-order chi connectivity index (χ1) is 10.7. The van der Waals surface area contributed by atoms with Gasteiger partial charge in [-0.05, 0) is 45.1 Å². The Kier molecular flexibility index (Phi) is 7.63. The highest BCUT2D eigenvalue weighted by Gasteiger charge is 2.25. The third kappa shape index (κ3) is 5.86. The van der Waals surface area contributed by atoms with Gasteiger partial charge in [0.05, 0.1) is 6.10 Å². The van der Waals surface area contributed by atoms with Gasteiger partial charge >= 0.3 is 0 Å². The summed E-state index contributed by atoms with van der Waals surface area (Å²) < 4.78 is 11.0. The molecular weight excluding hydrogens is 280 g/mol. The summed E-state index contributed by atoms with van der Waals surface area (Å²) in [5, 5.41) is 3.11. The normalized spacial score (nSPS) is 26.4. The molecule has 1 N–H and O–H groups in total. The predicted molar refractivity (Wildman–Crippen MR) is 86.8 cm³/mol. The molecule has 2 aliphatic heterocycles. The highest BCUT2D eigenvalue weighted by Crippen LogP contribution is 2.23. The molecule has 2 atom stereocenters. The summed E-state index contributed by atoms with van der Waals surface area (Å²) in [6, 6.07) is 0. The fourth-order valence-corrected chi connectivity index (χ4v) is 3.39. The molecule has 2 heterocycles. The average molecular weight is 312 g/mol. The maximum Gasteiger partial charge on any atom is 0.223 e. The monoisotopic (exact) mass is 312 g/mol. The van der Waals surface area contributed by atoms with Crippen LogP contribution in [0.2, 0.25) is 0 Å². The average Bonchev–Trinajstić information content (AvgIpc) is 2.75. The minimum atomic E-state index is 0.107. The van der Waals surface area contributed by atoms with Gasteiger partial charge < -0.3 is 19.7 Å². The topological polar surface area (TPSA) is 50.8 Å². The zero-order chi connectivity index (χ0) is 15.8. The molecule has 2 aliphatic rings. The van der Waals surface area contributed by atoms with Crippen LogP contribution in [0.4, 0.5) is 0 Å². The van der Waals surface area contributed by atoms with Gasteiger partial charge in [-0.25, -0.2) is 0 Å². The quantitative estimate of drug-likeness (QED) is 0.758. The highest BCUT2D eigenvalue weighted by atomic mass is 16.5. The number of hydrogen-bond donors (Lipinski definition) is 1. The van der Waals surface area contributed by atoms with Crippen molar-refractivity contribution in [2.24, 2.45) is 11.8 Å². The van der Waals surface area contributed by atoms with Crippen LogP contribution in [-0.4, -0.2) is 62.9 Å². The molecule has 0 unspecified atom stereocenters. The molecule has 2 saturated heterocycles. The third-order valence-electron chi connectivity index (χ3n) is 4.87. The second kappa shape index (κ2) is 9.48. The van der Waals surface area contributed by atoms with E-state index in [4.69, 9.17) is 9.47 Å². The maximum absolute atomic E-state index is 12.2. The number of rotatable bonds is 6. The Bertz CT molecular complexity index is 332. The fourth-order valence-electron chi connectivity index (χ4n) is 3.39. The van der Waals surface area contributed by atoms with Crippen LogP contribution in [0.3, 0.4) is 0 Å². The number of amides is 1. The second-order valence-electron chi connectivity index (χ2n) is 6.72. The Morgan fingerprint density at radius 2 is 2.09 bits per heavy atom. The summed E-state index contributed by atoms with van der Waals surface area (Å²) >= 11 is 0. The summed E-state index contributed by atoms with van der Waals surface area (Å²) in [5.41, 5.74) is 0. The van der Waals surface area contributed by atoms with Crippen LogP contribution >= 0.6 is 0 Å². The lowest BCUT2D eigenvalue weighted by atomic mass is 9.87. The molecule has 0 aliphatic carbocycles. The van der Waals surface area contributed by atoms with Crippen molar-refractivity contribution < 1.29 is 14.3 Å². The number of nitrogens with one attached hydrogen (secondary N) is 1. The molecular formula is C17H32N2O3. The SMILES string of the molecule is C[C@H](C(=O)NCCCN1CCCO[C@@H](C)C1)C1CCOCC1. The van der Waals surface area contributed by atoms with E-state index in [0.717, 1.165) is 71.7 Å². The van der Waals surface area contributed by atoms with E-state index >= 15 is 0 Å². The fraction of sp³-hybridized carbons (Fsp3) is 0.941. The van der Waals surface area contributed by atoms with E-state index in [0.29, 0.717) is 12.0 Å². The molecule has 5 heteroatoms. The van der Waals surface area contributed by atoms with Crippen molar-refractivity contribution in [3.8, 4) is 0 Å². The third-order valence-corrected chi connectivity index (χ3v) is 4.87. The van der Waals surface area contributed by atoms with E-state index in [9.17, 15) is 4.79 Å². The molecule has 2 fully saturated rings. The first-order valence-corrected chi connectivity index (χ1v) is 8.86. The number of ether oxygens (including phenoxy) is 2. The smallest absolute Gasteiger partial charge is 0.223 e. The van der Waals surface area contributed by atoms with Crippen molar-refractivity contribution in [2.75, 3.05) is 46.0 Å². The van der Waals surface area contributed by atoms with Crippen LogP contribution in [0, 0.1) is 11.8 Å². The minimum absolute atomic E-state index is 0.107. The van der Waals surface area contributed by atoms with Gasteiger partial charge in [0.25, 0.3) is 0 Å². The van der Waals surface area contributed by atoms with Crippen molar-refractivity contribution in [3.05, 3.63) is 0 Å². The summed E-state index contributed by atoms with van der Waals surface area (Å²) in [5.74, 6) is 0.798.